The molecule has 0 radical (unpaired) electrons. The molecule has 0 aliphatic carbocycles. The van der Waals surface area contributed by atoms with Crippen molar-refractivity contribution in [3.63, 3.8) is 0 Å². The maximum absolute atomic E-state index is 11.5. The molecule has 152 valence electrons. The molecule has 0 unspecified atom stereocenters. The summed E-state index contributed by atoms with van der Waals surface area (Å²) in [5.41, 5.74) is 6.17. The molecule has 0 bridgehead atoms. The number of fused-ring (bicyclic) bond motifs is 1. The first-order chi connectivity index (χ1) is 14.5. The van der Waals surface area contributed by atoms with E-state index in [1.54, 1.807) is 12.1 Å². The first-order valence-corrected chi connectivity index (χ1v) is 9.90. The van der Waals surface area contributed by atoms with Crippen LogP contribution in [-0.4, -0.2) is 30.7 Å². The Labute approximate surface area is 174 Å². The Morgan fingerprint density at radius 1 is 1.07 bits per heavy atom. The average molecular weight is 401 g/mol. The lowest BCUT2D eigenvalue weighted by atomic mass is 9.99. The van der Waals surface area contributed by atoms with Gasteiger partial charge in [-0.15, -0.1) is 0 Å². The number of aliphatic hydroxyl groups is 1. The van der Waals surface area contributed by atoms with E-state index in [1.807, 2.05) is 49.4 Å². The third-order valence-electron chi connectivity index (χ3n) is 5.27. The Hall–Kier alpha value is -3.51. The zero-order valence-electron chi connectivity index (χ0n) is 17.0. The van der Waals surface area contributed by atoms with Crippen LogP contribution in [0.3, 0.4) is 0 Å². The van der Waals surface area contributed by atoms with Crippen molar-refractivity contribution in [1.29, 1.82) is 0 Å². The standard InChI is InChI=1S/C24H23N3O3/c1-3-21-26-22-15(2)12-18(14-28)25-23(22)27(21)13-16-8-10-17(11-9-16)19-6-4-5-7-20(19)24(29)30/h4-12,28H,3,13-14H2,1-2H3,(H,29,30). The minimum absolute atomic E-state index is 0.110. The fraction of sp³-hybridized carbons (Fsp3) is 0.208. The van der Waals surface area contributed by atoms with E-state index in [0.29, 0.717) is 17.8 Å². The summed E-state index contributed by atoms with van der Waals surface area (Å²) in [6, 6.07) is 16.8. The predicted molar refractivity (Wildman–Crippen MR) is 116 cm³/mol. The zero-order chi connectivity index (χ0) is 21.3. The lowest BCUT2D eigenvalue weighted by Gasteiger charge is -2.10. The molecular formula is C24H23N3O3. The van der Waals surface area contributed by atoms with Crippen molar-refractivity contribution in [3.05, 3.63) is 82.8 Å². The van der Waals surface area contributed by atoms with Crippen molar-refractivity contribution in [1.82, 2.24) is 14.5 Å². The number of imidazole rings is 1. The topological polar surface area (TPSA) is 88.2 Å². The molecule has 2 aromatic carbocycles. The van der Waals surface area contributed by atoms with E-state index in [0.717, 1.165) is 40.1 Å². The molecular weight excluding hydrogens is 378 g/mol. The number of hydrogen-bond donors (Lipinski definition) is 2. The lowest BCUT2D eigenvalue weighted by molar-refractivity contribution is 0.0697. The van der Waals surface area contributed by atoms with Gasteiger partial charge in [-0.25, -0.2) is 14.8 Å². The molecule has 0 aliphatic heterocycles. The highest BCUT2D eigenvalue weighted by Crippen LogP contribution is 2.26. The minimum atomic E-state index is -0.937. The molecule has 6 nitrogen and oxygen atoms in total. The molecule has 0 saturated heterocycles. The summed E-state index contributed by atoms with van der Waals surface area (Å²) in [5.74, 6) is 0.00395. The second-order valence-corrected chi connectivity index (χ2v) is 7.28. The molecule has 0 spiro atoms. The molecule has 6 heteroatoms. The number of hydrogen-bond acceptors (Lipinski definition) is 4. The normalized spacial score (nSPS) is 11.2. The molecule has 2 heterocycles. The SMILES string of the molecule is CCc1nc2c(C)cc(CO)nc2n1Cc1ccc(-c2ccccc2C(=O)O)cc1. The number of aromatic carboxylic acids is 1. The first-order valence-electron chi connectivity index (χ1n) is 9.90. The van der Waals surface area contributed by atoms with Crippen LogP contribution in [0.15, 0.2) is 54.6 Å². The Kier molecular flexibility index (Phi) is 5.33. The van der Waals surface area contributed by atoms with Crippen LogP contribution in [0.25, 0.3) is 22.3 Å². The highest BCUT2D eigenvalue weighted by Gasteiger charge is 2.15. The van der Waals surface area contributed by atoms with Crippen molar-refractivity contribution in [2.75, 3.05) is 0 Å². The van der Waals surface area contributed by atoms with Gasteiger partial charge in [-0.05, 0) is 41.3 Å². The minimum Gasteiger partial charge on any atom is -0.478 e. The van der Waals surface area contributed by atoms with Gasteiger partial charge in [-0.3, -0.25) is 0 Å². The van der Waals surface area contributed by atoms with Crippen molar-refractivity contribution in [2.45, 2.75) is 33.4 Å². The van der Waals surface area contributed by atoms with Crippen LogP contribution < -0.4 is 0 Å². The van der Waals surface area contributed by atoms with Crippen molar-refractivity contribution in [2.24, 2.45) is 0 Å². The number of nitrogens with zero attached hydrogens (tertiary/aromatic N) is 3. The summed E-state index contributed by atoms with van der Waals surface area (Å²) in [6.45, 7) is 4.53. The van der Waals surface area contributed by atoms with Crippen molar-refractivity contribution < 1.29 is 15.0 Å². The monoisotopic (exact) mass is 401 g/mol. The second-order valence-electron chi connectivity index (χ2n) is 7.28. The Morgan fingerprint density at radius 3 is 2.47 bits per heavy atom. The van der Waals surface area contributed by atoms with E-state index < -0.39 is 5.97 Å². The van der Waals surface area contributed by atoms with Gasteiger partial charge in [0.15, 0.2) is 5.65 Å². The maximum Gasteiger partial charge on any atom is 0.336 e. The van der Waals surface area contributed by atoms with Crippen LogP contribution in [0.5, 0.6) is 0 Å². The van der Waals surface area contributed by atoms with Crippen LogP contribution in [0.1, 0.15) is 39.9 Å². The van der Waals surface area contributed by atoms with Crippen molar-refractivity contribution in [3.8, 4) is 11.1 Å². The van der Waals surface area contributed by atoms with Gasteiger partial charge in [-0.1, -0.05) is 49.4 Å². The molecule has 4 aromatic rings. The quantitative estimate of drug-likeness (QED) is 0.505. The van der Waals surface area contributed by atoms with Crippen LogP contribution in [0.4, 0.5) is 0 Å². The van der Waals surface area contributed by atoms with Crippen LogP contribution in [0, 0.1) is 6.92 Å². The predicted octanol–water partition coefficient (Wildman–Crippen LogP) is 4.21. The Bertz CT molecular complexity index is 1230. The van der Waals surface area contributed by atoms with Gasteiger partial charge in [0.1, 0.15) is 11.3 Å². The van der Waals surface area contributed by atoms with E-state index in [2.05, 4.69) is 16.5 Å². The largest absolute Gasteiger partial charge is 0.478 e. The number of carboxylic acids is 1. The molecule has 0 atom stereocenters. The van der Waals surface area contributed by atoms with Crippen LogP contribution >= 0.6 is 0 Å². The molecule has 0 amide bonds. The number of pyridine rings is 1. The van der Waals surface area contributed by atoms with Gasteiger partial charge in [0.2, 0.25) is 0 Å². The fourth-order valence-electron chi connectivity index (χ4n) is 3.76. The third-order valence-corrected chi connectivity index (χ3v) is 5.27. The number of aliphatic hydroxyl groups excluding tert-OH is 1. The Morgan fingerprint density at radius 2 is 1.80 bits per heavy atom. The lowest BCUT2D eigenvalue weighted by Crippen LogP contribution is -2.06. The van der Waals surface area contributed by atoms with Crippen molar-refractivity contribution >= 4 is 17.1 Å². The smallest absolute Gasteiger partial charge is 0.336 e. The van der Waals surface area contributed by atoms with Gasteiger partial charge in [0, 0.05) is 6.42 Å². The van der Waals surface area contributed by atoms with Gasteiger partial charge in [0.25, 0.3) is 0 Å². The second kappa shape index (κ2) is 8.08. The van der Waals surface area contributed by atoms with Gasteiger partial charge in [0.05, 0.1) is 24.4 Å². The van der Waals surface area contributed by atoms with E-state index in [1.165, 1.54) is 0 Å². The first kappa shape index (κ1) is 19.8. The van der Waals surface area contributed by atoms with Crippen LogP contribution in [-0.2, 0) is 19.6 Å². The number of rotatable bonds is 6. The number of aryl methyl sites for hydroxylation is 2. The highest BCUT2D eigenvalue weighted by atomic mass is 16.4. The number of carbonyl (C=O) groups is 1. The molecule has 0 aliphatic rings. The Balaban J connectivity index is 1.71. The molecule has 0 saturated carbocycles. The van der Waals surface area contributed by atoms with Gasteiger partial charge in [-0.2, -0.15) is 0 Å². The molecule has 2 aromatic heterocycles. The zero-order valence-corrected chi connectivity index (χ0v) is 17.0. The highest BCUT2D eigenvalue weighted by molar-refractivity contribution is 5.96. The van der Waals surface area contributed by atoms with Gasteiger partial charge < -0.3 is 14.8 Å². The van der Waals surface area contributed by atoms with E-state index in [9.17, 15) is 15.0 Å². The van der Waals surface area contributed by atoms with E-state index in [-0.39, 0.29) is 12.2 Å². The number of benzene rings is 2. The molecule has 30 heavy (non-hydrogen) atoms. The van der Waals surface area contributed by atoms with Gasteiger partial charge >= 0.3 is 5.97 Å². The summed E-state index contributed by atoms with van der Waals surface area (Å²) >= 11 is 0. The summed E-state index contributed by atoms with van der Waals surface area (Å²) < 4.78 is 2.09. The maximum atomic E-state index is 11.5. The molecule has 0 fully saturated rings. The van der Waals surface area contributed by atoms with E-state index >= 15 is 0 Å². The summed E-state index contributed by atoms with van der Waals surface area (Å²) in [5, 5.41) is 19.0. The molecule has 4 rings (SSSR count). The molecule has 2 N–H and O–H groups in total. The summed E-state index contributed by atoms with van der Waals surface area (Å²) in [6.07, 6.45) is 0.772. The number of carboxylic acid groups (broad SMARTS) is 1. The number of aromatic nitrogens is 3. The average Bonchev–Trinajstić information content (AvgIpc) is 3.12. The van der Waals surface area contributed by atoms with Crippen LogP contribution in [0.2, 0.25) is 0 Å². The summed E-state index contributed by atoms with van der Waals surface area (Å²) in [7, 11) is 0. The van der Waals surface area contributed by atoms with E-state index in [4.69, 9.17) is 4.98 Å². The summed E-state index contributed by atoms with van der Waals surface area (Å²) in [4.78, 5) is 20.9. The third kappa shape index (κ3) is 3.57. The fourth-order valence-corrected chi connectivity index (χ4v) is 3.76.